The van der Waals surface area contributed by atoms with Crippen LogP contribution in [0.25, 0.3) is 11.5 Å². The van der Waals surface area contributed by atoms with Gasteiger partial charge in [0.25, 0.3) is 5.22 Å². The zero-order chi connectivity index (χ0) is 25.0. The predicted octanol–water partition coefficient (Wildman–Crippen LogP) is 4.94. The molecule has 35 heavy (non-hydrogen) atoms. The molecule has 1 aliphatic heterocycles. The summed E-state index contributed by atoms with van der Waals surface area (Å²) >= 11 is 1.03. The summed E-state index contributed by atoms with van der Waals surface area (Å²) in [5.41, 5.74) is 1.68. The second-order valence-electron chi connectivity index (χ2n) is 8.18. The molecule has 2 aromatic carbocycles. The van der Waals surface area contributed by atoms with Crippen molar-refractivity contribution in [2.45, 2.75) is 25.2 Å². The topological polar surface area (TPSA) is 74.5 Å². The molecule has 0 saturated carbocycles. The van der Waals surface area contributed by atoms with Gasteiger partial charge in [-0.3, -0.25) is 4.79 Å². The number of amides is 1. The Morgan fingerprint density at radius 2 is 1.86 bits per heavy atom. The minimum absolute atomic E-state index is 0.0886. The largest absolute Gasteiger partial charge is 0.416 e. The fraction of sp³-hybridized carbons (Fsp3) is 0.375. The molecular weight excluding hydrogens is 479 g/mol. The van der Waals surface area contributed by atoms with Crippen LogP contribution in [-0.4, -0.2) is 59.5 Å². The summed E-state index contributed by atoms with van der Waals surface area (Å²) in [5, 5.41) is 10.9. The standard InChI is InChI=1S/C24H26F3N5O2S/c1-3-31-10-12-32(13-11-31)20-9-8-17(24(25,26)27)14-19(20)28-21(33)15-35-23-30-29-22(34-23)18-7-5-4-6-16(18)2/h4-9,14H,3,10-13,15H2,1-2H3,(H,28,33). The number of alkyl halides is 3. The van der Waals surface area contributed by atoms with Crippen molar-refractivity contribution in [3.8, 4) is 11.5 Å². The Bertz CT molecular complexity index is 1180. The van der Waals surface area contributed by atoms with Crippen LogP contribution in [0.2, 0.25) is 0 Å². The molecule has 186 valence electrons. The van der Waals surface area contributed by atoms with E-state index in [1.807, 2.05) is 36.1 Å². The molecule has 1 saturated heterocycles. The van der Waals surface area contributed by atoms with E-state index in [1.165, 1.54) is 6.07 Å². The van der Waals surface area contributed by atoms with Gasteiger partial charge in [-0.15, -0.1) is 10.2 Å². The third kappa shape index (κ3) is 6.15. The van der Waals surface area contributed by atoms with Gasteiger partial charge >= 0.3 is 6.18 Å². The van der Waals surface area contributed by atoms with Crippen LogP contribution in [0.3, 0.4) is 0 Å². The first-order chi connectivity index (χ1) is 16.7. The van der Waals surface area contributed by atoms with Crippen molar-refractivity contribution >= 4 is 29.0 Å². The first-order valence-electron chi connectivity index (χ1n) is 11.3. The molecule has 4 rings (SSSR count). The number of piperazine rings is 1. The molecular formula is C24H26F3N5O2S. The normalized spacial score (nSPS) is 14.8. The Hall–Kier alpha value is -3.05. The molecule has 0 bridgehead atoms. The number of carbonyl (C=O) groups is 1. The molecule has 1 aromatic heterocycles. The van der Waals surface area contributed by atoms with Crippen molar-refractivity contribution in [2.75, 3.05) is 48.7 Å². The van der Waals surface area contributed by atoms with E-state index in [9.17, 15) is 18.0 Å². The summed E-state index contributed by atoms with van der Waals surface area (Å²) in [7, 11) is 0. The van der Waals surface area contributed by atoms with Crippen molar-refractivity contribution in [1.29, 1.82) is 0 Å². The second kappa shape index (κ2) is 10.7. The number of benzene rings is 2. The molecule has 1 aliphatic rings. The summed E-state index contributed by atoms with van der Waals surface area (Å²) in [6, 6.07) is 11.0. The molecule has 1 amide bonds. The summed E-state index contributed by atoms with van der Waals surface area (Å²) in [6.45, 7) is 7.87. The number of carbonyl (C=O) groups excluding carboxylic acids is 1. The summed E-state index contributed by atoms with van der Waals surface area (Å²) in [6.07, 6.45) is -4.51. The molecule has 11 heteroatoms. The van der Waals surface area contributed by atoms with Crippen LogP contribution in [0.15, 0.2) is 52.1 Å². The van der Waals surface area contributed by atoms with E-state index in [0.29, 0.717) is 24.7 Å². The average Bonchev–Trinajstić information content (AvgIpc) is 3.31. The number of aryl methyl sites for hydroxylation is 1. The Labute approximate surface area is 205 Å². The quantitative estimate of drug-likeness (QED) is 0.456. The van der Waals surface area contributed by atoms with E-state index in [1.54, 1.807) is 0 Å². The van der Waals surface area contributed by atoms with E-state index >= 15 is 0 Å². The zero-order valence-electron chi connectivity index (χ0n) is 19.4. The van der Waals surface area contributed by atoms with Crippen LogP contribution in [-0.2, 0) is 11.0 Å². The molecule has 0 aliphatic carbocycles. The number of nitrogens with one attached hydrogen (secondary N) is 1. The molecule has 7 nitrogen and oxygen atoms in total. The van der Waals surface area contributed by atoms with Gasteiger partial charge in [-0.2, -0.15) is 13.2 Å². The highest BCUT2D eigenvalue weighted by Crippen LogP contribution is 2.36. The number of likely N-dealkylation sites (N-methyl/N-ethyl adjacent to an activating group) is 1. The van der Waals surface area contributed by atoms with Crippen molar-refractivity contribution < 1.29 is 22.4 Å². The molecule has 0 spiro atoms. The van der Waals surface area contributed by atoms with Gasteiger partial charge in [0.1, 0.15) is 0 Å². The number of aromatic nitrogens is 2. The van der Waals surface area contributed by atoms with Crippen LogP contribution in [0.5, 0.6) is 0 Å². The Morgan fingerprint density at radius 3 is 2.54 bits per heavy atom. The number of halogens is 3. The van der Waals surface area contributed by atoms with E-state index < -0.39 is 17.6 Å². The number of rotatable bonds is 7. The molecule has 0 atom stereocenters. The highest BCUT2D eigenvalue weighted by molar-refractivity contribution is 7.99. The fourth-order valence-corrected chi connectivity index (χ4v) is 4.46. The first kappa shape index (κ1) is 25.1. The van der Waals surface area contributed by atoms with Gasteiger partial charge < -0.3 is 19.5 Å². The lowest BCUT2D eigenvalue weighted by Crippen LogP contribution is -2.46. The first-order valence-corrected chi connectivity index (χ1v) is 12.2. The number of hydrogen-bond acceptors (Lipinski definition) is 7. The van der Waals surface area contributed by atoms with Crippen molar-refractivity contribution in [3.63, 3.8) is 0 Å². The highest BCUT2D eigenvalue weighted by atomic mass is 32.2. The summed E-state index contributed by atoms with van der Waals surface area (Å²) < 4.78 is 45.7. The smallest absolute Gasteiger partial charge is 0.411 e. The summed E-state index contributed by atoms with van der Waals surface area (Å²) in [4.78, 5) is 17.0. The van der Waals surface area contributed by atoms with Gasteiger partial charge in [0.15, 0.2) is 0 Å². The van der Waals surface area contributed by atoms with Crippen LogP contribution in [0, 0.1) is 6.92 Å². The van der Waals surface area contributed by atoms with Gasteiger partial charge in [0.05, 0.1) is 22.7 Å². The predicted molar refractivity (Wildman–Crippen MR) is 130 cm³/mol. The minimum atomic E-state index is -4.51. The van der Waals surface area contributed by atoms with Crippen LogP contribution in [0.4, 0.5) is 24.5 Å². The second-order valence-corrected chi connectivity index (χ2v) is 9.10. The van der Waals surface area contributed by atoms with Crippen LogP contribution < -0.4 is 10.2 Å². The number of hydrogen-bond donors (Lipinski definition) is 1. The van der Waals surface area contributed by atoms with Crippen LogP contribution >= 0.6 is 11.8 Å². The minimum Gasteiger partial charge on any atom is -0.411 e. The van der Waals surface area contributed by atoms with E-state index in [0.717, 1.165) is 54.7 Å². The fourth-order valence-electron chi connectivity index (χ4n) is 3.90. The molecule has 1 N–H and O–H groups in total. The lowest BCUT2D eigenvalue weighted by molar-refractivity contribution is -0.137. The Kier molecular flexibility index (Phi) is 7.66. The monoisotopic (exact) mass is 505 g/mol. The van der Waals surface area contributed by atoms with Crippen molar-refractivity contribution in [2.24, 2.45) is 0 Å². The van der Waals surface area contributed by atoms with Gasteiger partial charge in [-0.1, -0.05) is 36.9 Å². The maximum atomic E-state index is 13.4. The lowest BCUT2D eigenvalue weighted by Gasteiger charge is -2.36. The maximum absolute atomic E-state index is 13.4. The molecule has 0 unspecified atom stereocenters. The average molecular weight is 506 g/mol. The maximum Gasteiger partial charge on any atom is 0.416 e. The molecule has 1 fully saturated rings. The van der Waals surface area contributed by atoms with E-state index in [-0.39, 0.29) is 16.7 Å². The van der Waals surface area contributed by atoms with Gasteiger partial charge in [-0.25, -0.2) is 0 Å². The lowest BCUT2D eigenvalue weighted by atomic mass is 10.1. The van der Waals surface area contributed by atoms with Gasteiger partial charge in [-0.05, 0) is 43.3 Å². The third-order valence-corrected chi connectivity index (χ3v) is 6.69. The number of nitrogens with zero attached hydrogens (tertiary/aromatic N) is 4. The Morgan fingerprint density at radius 1 is 1.11 bits per heavy atom. The molecule has 0 radical (unpaired) electrons. The highest BCUT2D eigenvalue weighted by Gasteiger charge is 2.32. The summed E-state index contributed by atoms with van der Waals surface area (Å²) in [5.74, 6) is -0.204. The molecule has 3 aromatic rings. The van der Waals surface area contributed by atoms with Crippen molar-refractivity contribution in [1.82, 2.24) is 15.1 Å². The van der Waals surface area contributed by atoms with E-state index in [4.69, 9.17) is 4.42 Å². The van der Waals surface area contributed by atoms with Crippen molar-refractivity contribution in [3.05, 3.63) is 53.6 Å². The zero-order valence-corrected chi connectivity index (χ0v) is 20.2. The Balaban J connectivity index is 1.45. The number of anilines is 2. The van der Waals surface area contributed by atoms with Gasteiger partial charge in [0, 0.05) is 31.7 Å². The van der Waals surface area contributed by atoms with E-state index in [2.05, 4.69) is 27.3 Å². The number of thioether (sulfide) groups is 1. The molecule has 2 heterocycles. The van der Waals surface area contributed by atoms with Crippen LogP contribution in [0.1, 0.15) is 18.1 Å². The SMILES string of the molecule is CCN1CCN(c2ccc(C(F)(F)F)cc2NC(=O)CSc2nnc(-c3ccccc3C)o2)CC1. The third-order valence-electron chi connectivity index (χ3n) is 5.87. The van der Waals surface area contributed by atoms with Gasteiger partial charge in [0.2, 0.25) is 11.8 Å².